The summed E-state index contributed by atoms with van der Waals surface area (Å²) in [7, 11) is 1.48. The van der Waals surface area contributed by atoms with Crippen molar-refractivity contribution in [3.8, 4) is 0 Å². The summed E-state index contributed by atoms with van der Waals surface area (Å²) < 4.78 is 5.12. The predicted molar refractivity (Wildman–Crippen MR) is 86.5 cm³/mol. The molecule has 0 radical (unpaired) electrons. The van der Waals surface area contributed by atoms with Crippen molar-refractivity contribution >= 4 is 5.97 Å². The SMILES string of the molecule is COC(=O)C1(c2ccccc2)CCN(Cc2ccccc2)C1. The minimum absolute atomic E-state index is 0.130. The molecule has 1 atom stereocenters. The molecule has 0 aromatic heterocycles. The van der Waals surface area contributed by atoms with Crippen LogP contribution in [0, 0.1) is 0 Å². The summed E-state index contributed by atoms with van der Waals surface area (Å²) in [6, 6.07) is 20.4. The van der Waals surface area contributed by atoms with Crippen LogP contribution in [0.4, 0.5) is 0 Å². The van der Waals surface area contributed by atoms with E-state index in [2.05, 4.69) is 29.2 Å². The van der Waals surface area contributed by atoms with Gasteiger partial charge in [0.25, 0.3) is 0 Å². The van der Waals surface area contributed by atoms with E-state index in [-0.39, 0.29) is 5.97 Å². The molecule has 1 aliphatic rings. The first-order valence-electron chi connectivity index (χ1n) is 7.65. The van der Waals surface area contributed by atoms with Crippen LogP contribution in [-0.2, 0) is 21.5 Å². The van der Waals surface area contributed by atoms with Crippen LogP contribution >= 0.6 is 0 Å². The maximum absolute atomic E-state index is 12.5. The van der Waals surface area contributed by atoms with Crippen LogP contribution in [0.3, 0.4) is 0 Å². The van der Waals surface area contributed by atoms with Crippen molar-refractivity contribution in [1.29, 1.82) is 0 Å². The number of carbonyl (C=O) groups excluding carboxylic acids is 1. The van der Waals surface area contributed by atoms with Crippen LogP contribution in [0.5, 0.6) is 0 Å². The molecule has 0 saturated carbocycles. The van der Waals surface area contributed by atoms with E-state index < -0.39 is 5.41 Å². The fraction of sp³-hybridized carbons (Fsp3) is 0.316. The summed E-state index contributed by atoms with van der Waals surface area (Å²) in [6.45, 7) is 2.48. The Morgan fingerprint density at radius 1 is 1.09 bits per heavy atom. The van der Waals surface area contributed by atoms with Crippen molar-refractivity contribution in [3.63, 3.8) is 0 Å². The first-order valence-corrected chi connectivity index (χ1v) is 7.65. The van der Waals surface area contributed by atoms with Gasteiger partial charge < -0.3 is 4.74 Å². The molecule has 2 aromatic carbocycles. The van der Waals surface area contributed by atoms with Gasteiger partial charge in [-0.15, -0.1) is 0 Å². The van der Waals surface area contributed by atoms with Crippen LogP contribution in [0.1, 0.15) is 17.5 Å². The van der Waals surface area contributed by atoms with E-state index in [0.717, 1.165) is 25.1 Å². The van der Waals surface area contributed by atoms with Crippen molar-refractivity contribution in [2.75, 3.05) is 20.2 Å². The molecule has 1 fully saturated rings. The zero-order valence-electron chi connectivity index (χ0n) is 12.9. The average Bonchev–Trinajstić information content (AvgIpc) is 3.01. The van der Waals surface area contributed by atoms with Gasteiger partial charge in [0, 0.05) is 19.6 Å². The highest BCUT2D eigenvalue weighted by molar-refractivity contribution is 5.84. The molecule has 3 nitrogen and oxygen atoms in total. The third-order valence-electron chi connectivity index (χ3n) is 4.50. The van der Waals surface area contributed by atoms with Crippen LogP contribution in [0.2, 0.25) is 0 Å². The largest absolute Gasteiger partial charge is 0.468 e. The zero-order chi connectivity index (χ0) is 15.4. The summed E-state index contributed by atoms with van der Waals surface area (Å²) in [5.74, 6) is -0.130. The fourth-order valence-electron chi connectivity index (χ4n) is 3.34. The molecular weight excluding hydrogens is 274 g/mol. The van der Waals surface area contributed by atoms with E-state index in [1.165, 1.54) is 12.7 Å². The van der Waals surface area contributed by atoms with Crippen LogP contribution in [0.25, 0.3) is 0 Å². The van der Waals surface area contributed by atoms with Crippen molar-refractivity contribution in [2.24, 2.45) is 0 Å². The molecular formula is C19H21NO2. The standard InChI is InChI=1S/C19H21NO2/c1-22-18(21)19(17-10-6-3-7-11-17)12-13-20(15-19)14-16-8-4-2-5-9-16/h2-11H,12-15H2,1H3. The van der Waals surface area contributed by atoms with Crippen molar-refractivity contribution in [1.82, 2.24) is 4.90 Å². The average molecular weight is 295 g/mol. The summed E-state index contributed by atoms with van der Waals surface area (Å²) in [5, 5.41) is 0. The molecule has 1 unspecified atom stereocenters. The summed E-state index contributed by atoms with van der Waals surface area (Å²) in [4.78, 5) is 14.8. The van der Waals surface area contributed by atoms with Crippen molar-refractivity contribution in [2.45, 2.75) is 18.4 Å². The summed E-state index contributed by atoms with van der Waals surface area (Å²) in [5.41, 5.74) is 1.79. The van der Waals surface area contributed by atoms with E-state index in [9.17, 15) is 4.79 Å². The van der Waals surface area contributed by atoms with Gasteiger partial charge in [-0.05, 0) is 17.5 Å². The number of benzene rings is 2. The number of hydrogen-bond acceptors (Lipinski definition) is 3. The Bertz CT molecular complexity index is 626. The molecule has 0 bridgehead atoms. The maximum atomic E-state index is 12.5. The monoisotopic (exact) mass is 295 g/mol. The molecule has 0 amide bonds. The Morgan fingerprint density at radius 3 is 2.36 bits per heavy atom. The molecule has 3 heteroatoms. The van der Waals surface area contributed by atoms with Crippen molar-refractivity contribution < 1.29 is 9.53 Å². The van der Waals surface area contributed by atoms with Gasteiger partial charge in [-0.25, -0.2) is 0 Å². The number of rotatable bonds is 4. The Balaban J connectivity index is 1.83. The highest BCUT2D eigenvalue weighted by Crippen LogP contribution is 2.36. The van der Waals surface area contributed by atoms with E-state index in [4.69, 9.17) is 4.74 Å². The highest BCUT2D eigenvalue weighted by Gasteiger charge is 2.46. The molecule has 1 heterocycles. The second kappa shape index (κ2) is 6.32. The Labute approximate surface area is 131 Å². The van der Waals surface area contributed by atoms with Gasteiger partial charge in [-0.2, -0.15) is 0 Å². The topological polar surface area (TPSA) is 29.5 Å². The second-order valence-corrected chi connectivity index (χ2v) is 5.89. The lowest BCUT2D eigenvalue weighted by Crippen LogP contribution is -2.39. The Hall–Kier alpha value is -2.13. The second-order valence-electron chi connectivity index (χ2n) is 5.89. The minimum atomic E-state index is -0.537. The van der Waals surface area contributed by atoms with Crippen LogP contribution in [0.15, 0.2) is 60.7 Å². The maximum Gasteiger partial charge on any atom is 0.317 e. The zero-order valence-corrected chi connectivity index (χ0v) is 12.9. The van der Waals surface area contributed by atoms with Gasteiger partial charge >= 0.3 is 5.97 Å². The lowest BCUT2D eigenvalue weighted by Gasteiger charge is -2.27. The quantitative estimate of drug-likeness (QED) is 0.812. The lowest BCUT2D eigenvalue weighted by atomic mass is 9.79. The third kappa shape index (κ3) is 2.77. The molecule has 2 aromatic rings. The minimum Gasteiger partial charge on any atom is -0.468 e. The fourth-order valence-corrected chi connectivity index (χ4v) is 3.34. The highest BCUT2D eigenvalue weighted by atomic mass is 16.5. The lowest BCUT2D eigenvalue weighted by molar-refractivity contribution is -0.147. The number of hydrogen-bond donors (Lipinski definition) is 0. The van der Waals surface area contributed by atoms with E-state index in [1.54, 1.807) is 0 Å². The molecule has 114 valence electrons. The molecule has 3 rings (SSSR count). The first-order chi connectivity index (χ1) is 10.7. The van der Waals surface area contributed by atoms with Gasteiger partial charge in [0.1, 0.15) is 5.41 Å². The number of ether oxygens (including phenoxy) is 1. The Kier molecular flexibility index (Phi) is 4.25. The van der Waals surface area contributed by atoms with Crippen LogP contribution < -0.4 is 0 Å². The molecule has 22 heavy (non-hydrogen) atoms. The number of esters is 1. The third-order valence-corrected chi connectivity index (χ3v) is 4.50. The Morgan fingerprint density at radius 2 is 1.73 bits per heavy atom. The van der Waals surface area contributed by atoms with Crippen LogP contribution in [-0.4, -0.2) is 31.1 Å². The molecule has 1 saturated heterocycles. The van der Waals surface area contributed by atoms with Gasteiger partial charge in [-0.3, -0.25) is 9.69 Å². The molecule has 0 spiro atoms. The van der Waals surface area contributed by atoms with E-state index >= 15 is 0 Å². The summed E-state index contributed by atoms with van der Waals surface area (Å²) >= 11 is 0. The number of nitrogens with zero attached hydrogens (tertiary/aromatic N) is 1. The smallest absolute Gasteiger partial charge is 0.317 e. The normalized spacial score (nSPS) is 21.7. The predicted octanol–water partition coefficient (Wildman–Crippen LogP) is 3.00. The van der Waals surface area contributed by atoms with E-state index in [1.807, 2.05) is 36.4 Å². The van der Waals surface area contributed by atoms with Gasteiger partial charge in [0.05, 0.1) is 7.11 Å². The van der Waals surface area contributed by atoms with Gasteiger partial charge in [0.2, 0.25) is 0 Å². The van der Waals surface area contributed by atoms with Gasteiger partial charge in [0.15, 0.2) is 0 Å². The van der Waals surface area contributed by atoms with Gasteiger partial charge in [-0.1, -0.05) is 60.7 Å². The molecule has 1 aliphatic heterocycles. The number of methoxy groups -OCH3 is 1. The van der Waals surface area contributed by atoms with E-state index in [0.29, 0.717) is 6.54 Å². The molecule has 0 aliphatic carbocycles. The molecule has 0 N–H and O–H groups in total. The number of carbonyl (C=O) groups is 1. The first kappa shape index (κ1) is 14.8. The summed E-state index contributed by atoms with van der Waals surface area (Å²) in [6.07, 6.45) is 0.802. The van der Waals surface area contributed by atoms with Crippen molar-refractivity contribution in [3.05, 3.63) is 71.8 Å². The number of likely N-dealkylation sites (tertiary alicyclic amines) is 1.